The molecule has 0 saturated carbocycles. The number of hydrogen-bond donors (Lipinski definition) is 0. The van der Waals surface area contributed by atoms with Gasteiger partial charge in [-0.3, -0.25) is 13.7 Å². The van der Waals surface area contributed by atoms with Crippen LogP contribution in [0, 0.1) is 6.33 Å². The maximum absolute atomic E-state index is 6.75. The van der Waals surface area contributed by atoms with Crippen LogP contribution in [0.2, 0.25) is 0 Å². The van der Waals surface area contributed by atoms with E-state index in [2.05, 4.69) is 247 Å². The first kappa shape index (κ1) is 41.6. The van der Waals surface area contributed by atoms with E-state index in [0.29, 0.717) is 0 Å². The molecule has 0 unspecified atom stereocenters. The highest BCUT2D eigenvalue weighted by Crippen LogP contribution is 2.39. The van der Waals surface area contributed by atoms with Crippen LogP contribution in [-0.4, -0.2) is 14.1 Å². The number of fused-ring (bicyclic) bond motifs is 3. The van der Waals surface area contributed by atoms with E-state index in [0.717, 1.165) is 50.8 Å². The van der Waals surface area contributed by atoms with Gasteiger partial charge < -0.3 is 4.74 Å². The van der Waals surface area contributed by atoms with E-state index in [1.807, 2.05) is 12.3 Å². The molecule has 0 aliphatic rings. The molecular weight excluding hydrogens is 769 g/mol. The number of para-hydroxylation sites is 1. The van der Waals surface area contributed by atoms with Crippen molar-refractivity contribution < 1.29 is 9.30 Å². The lowest BCUT2D eigenvalue weighted by Crippen LogP contribution is -2.41. The Labute approximate surface area is 373 Å². The molecule has 0 atom stereocenters. The minimum Gasteiger partial charge on any atom is -0.458 e. The van der Waals surface area contributed by atoms with Gasteiger partial charge in [0.05, 0.1) is 28.1 Å². The molecule has 0 amide bonds. The Bertz CT molecular complexity index is 3100. The summed E-state index contributed by atoms with van der Waals surface area (Å²) < 4.78 is 13.4. The van der Waals surface area contributed by atoms with Crippen molar-refractivity contribution in [3.05, 3.63) is 210 Å². The largest absolute Gasteiger partial charge is 0.458 e. The average Bonchev–Trinajstić information content (AvgIpc) is 3.87. The van der Waals surface area contributed by atoms with E-state index < -0.39 is 0 Å². The summed E-state index contributed by atoms with van der Waals surface area (Å²) in [6.07, 6.45) is 7.98. The van der Waals surface area contributed by atoms with Gasteiger partial charge in [-0.15, -0.1) is 0 Å². The predicted molar refractivity (Wildman–Crippen MR) is 259 cm³/mol. The molecule has 316 valence electrons. The van der Waals surface area contributed by atoms with Crippen LogP contribution in [0.1, 0.15) is 103 Å². The molecule has 63 heavy (non-hydrogen) atoms. The third-order valence-electron chi connectivity index (χ3n) is 12.9. The van der Waals surface area contributed by atoms with Crippen LogP contribution in [0.25, 0.3) is 39.0 Å². The molecule has 3 heterocycles. The zero-order valence-corrected chi connectivity index (χ0v) is 38.4. The number of aromatic nitrogens is 4. The van der Waals surface area contributed by atoms with E-state index in [9.17, 15) is 0 Å². The van der Waals surface area contributed by atoms with Crippen LogP contribution in [0.3, 0.4) is 0 Å². The third-order valence-corrected chi connectivity index (χ3v) is 12.9. The van der Waals surface area contributed by atoms with E-state index in [1.165, 1.54) is 33.2 Å². The number of benzene rings is 6. The maximum Gasteiger partial charge on any atom is 0.269 e. The molecular formula is C58H58N4O. The van der Waals surface area contributed by atoms with Gasteiger partial charge in [0, 0.05) is 40.1 Å². The van der Waals surface area contributed by atoms with Crippen molar-refractivity contribution in [2.24, 2.45) is 0 Å². The van der Waals surface area contributed by atoms with Crippen LogP contribution in [-0.2, 0) is 21.7 Å². The molecule has 9 aromatic rings. The summed E-state index contributed by atoms with van der Waals surface area (Å²) in [5, 5.41) is 2.33. The summed E-state index contributed by atoms with van der Waals surface area (Å²) in [6, 6.07) is 56.2. The Kier molecular flexibility index (Phi) is 10.3. The monoisotopic (exact) mass is 826 g/mol. The first-order chi connectivity index (χ1) is 30.0. The highest BCUT2D eigenvalue weighted by atomic mass is 16.5. The fraction of sp³-hybridized carbons (Fsp3) is 0.241. The molecule has 5 nitrogen and oxygen atoms in total. The Morgan fingerprint density at radius 1 is 0.492 bits per heavy atom. The molecule has 6 aromatic carbocycles. The lowest BCUT2D eigenvalue weighted by atomic mass is 9.75. The van der Waals surface area contributed by atoms with Crippen molar-refractivity contribution in [1.82, 2.24) is 14.1 Å². The van der Waals surface area contributed by atoms with Crippen molar-refractivity contribution >= 4 is 21.8 Å². The zero-order valence-electron chi connectivity index (χ0n) is 38.4. The summed E-state index contributed by atoms with van der Waals surface area (Å²) in [4.78, 5) is 4.88. The van der Waals surface area contributed by atoms with E-state index in [1.54, 1.807) is 0 Å². The maximum atomic E-state index is 6.75. The van der Waals surface area contributed by atoms with Gasteiger partial charge in [-0.1, -0.05) is 160 Å². The standard InChI is InChI=1S/C58H58N4O/c1-55(2,3)42-30-31-59-54(35-42)62-51-27-18-17-26-49(51)50-29-28-48(37-52(50)62)63-47-25-19-24-45(36-47)60-38-53(58(9,10)41-22-15-12-16-23-41)61(39-60)46-33-43(56(4,5)6)32-44(34-46)57(7,8)40-20-13-11-14-21-40/h11-38H,1-10H3. The summed E-state index contributed by atoms with van der Waals surface area (Å²) in [5.41, 5.74) is 10.9. The van der Waals surface area contributed by atoms with E-state index in [4.69, 9.17) is 9.72 Å². The molecule has 5 heteroatoms. The summed E-state index contributed by atoms with van der Waals surface area (Å²) in [6.45, 7) is 22.9. The van der Waals surface area contributed by atoms with Gasteiger partial charge in [0.15, 0.2) is 0 Å². The Morgan fingerprint density at radius 3 is 1.81 bits per heavy atom. The fourth-order valence-corrected chi connectivity index (χ4v) is 8.80. The van der Waals surface area contributed by atoms with Crippen LogP contribution >= 0.6 is 0 Å². The molecule has 0 bridgehead atoms. The molecule has 9 rings (SSSR count). The minimum absolute atomic E-state index is 0.0110. The van der Waals surface area contributed by atoms with Crippen molar-refractivity contribution in [2.75, 3.05) is 0 Å². The Balaban J connectivity index is 1.15. The van der Waals surface area contributed by atoms with Crippen molar-refractivity contribution in [3.63, 3.8) is 0 Å². The first-order valence-corrected chi connectivity index (χ1v) is 22.1. The molecule has 0 fully saturated rings. The number of pyridine rings is 1. The predicted octanol–water partition coefficient (Wildman–Crippen LogP) is 14.1. The number of imidazole rings is 1. The average molecular weight is 827 g/mol. The number of ether oxygens (including phenoxy) is 1. The lowest BCUT2D eigenvalue weighted by molar-refractivity contribution is -0.611. The second-order valence-corrected chi connectivity index (χ2v) is 20.1. The third kappa shape index (κ3) is 7.86. The molecule has 0 aliphatic heterocycles. The number of hydrogen-bond acceptors (Lipinski definition) is 2. The van der Waals surface area contributed by atoms with Crippen molar-refractivity contribution in [1.29, 1.82) is 0 Å². The highest BCUT2D eigenvalue weighted by Gasteiger charge is 2.31. The van der Waals surface area contributed by atoms with Gasteiger partial charge in [0.1, 0.15) is 17.3 Å². The molecule has 3 aromatic heterocycles. The Hall–Kier alpha value is -6.72. The SMILES string of the molecule is CC(C)(C)c1cc(-[n+]2[c-]n(-c3cccc(Oc4ccc5c6ccccc6n(-c6cc(C(C)(C)C)ccn6)c5c4)c3)cc2C(C)(C)c2ccccc2)cc(C(C)(C)c2ccccc2)c1. The van der Waals surface area contributed by atoms with Gasteiger partial charge in [0.2, 0.25) is 0 Å². The number of rotatable bonds is 9. The van der Waals surface area contributed by atoms with Crippen molar-refractivity contribution in [3.8, 4) is 28.7 Å². The summed E-state index contributed by atoms with van der Waals surface area (Å²) >= 11 is 0. The highest BCUT2D eigenvalue weighted by molar-refractivity contribution is 6.09. The summed E-state index contributed by atoms with van der Waals surface area (Å²) in [5.74, 6) is 2.38. The Morgan fingerprint density at radius 2 is 1.11 bits per heavy atom. The molecule has 0 saturated heterocycles. The van der Waals surface area contributed by atoms with Gasteiger partial charge in [-0.25, -0.2) is 4.98 Å². The van der Waals surface area contributed by atoms with Crippen LogP contribution in [0.5, 0.6) is 11.5 Å². The normalized spacial score (nSPS) is 12.6. The second kappa shape index (κ2) is 15.6. The molecule has 0 aliphatic carbocycles. The summed E-state index contributed by atoms with van der Waals surface area (Å²) in [7, 11) is 0. The van der Waals surface area contributed by atoms with Crippen molar-refractivity contribution in [2.45, 2.75) is 90.9 Å². The van der Waals surface area contributed by atoms with Crippen LogP contribution in [0.15, 0.2) is 170 Å². The van der Waals surface area contributed by atoms with Crippen LogP contribution < -0.4 is 9.30 Å². The zero-order chi connectivity index (χ0) is 44.3. The van der Waals surface area contributed by atoms with Gasteiger partial charge >= 0.3 is 0 Å². The van der Waals surface area contributed by atoms with Gasteiger partial charge in [-0.05, 0) is 99.3 Å². The molecule has 0 spiro atoms. The molecule has 0 radical (unpaired) electrons. The van der Waals surface area contributed by atoms with E-state index in [-0.39, 0.29) is 21.7 Å². The fourth-order valence-electron chi connectivity index (χ4n) is 8.80. The first-order valence-electron chi connectivity index (χ1n) is 22.1. The van der Waals surface area contributed by atoms with Gasteiger partial charge in [0.25, 0.3) is 6.33 Å². The smallest absolute Gasteiger partial charge is 0.269 e. The molecule has 0 N–H and O–H groups in total. The van der Waals surface area contributed by atoms with Gasteiger partial charge in [-0.2, -0.15) is 0 Å². The minimum atomic E-state index is -0.362. The second-order valence-electron chi connectivity index (χ2n) is 20.1. The van der Waals surface area contributed by atoms with Crippen LogP contribution in [0.4, 0.5) is 0 Å². The quantitative estimate of drug-likeness (QED) is 0.107. The lowest BCUT2D eigenvalue weighted by Gasteiger charge is -2.31. The topological polar surface area (TPSA) is 35.9 Å². The number of nitrogens with zero attached hydrogens (tertiary/aromatic N) is 4. The van der Waals surface area contributed by atoms with E-state index >= 15 is 0 Å².